The van der Waals surface area contributed by atoms with Crippen LogP contribution in [0.25, 0.3) is 22.0 Å². The Bertz CT molecular complexity index is 1910. The van der Waals surface area contributed by atoms with Gasteiger partial charge >= 0.3 is 5.97 Å². The second kappa shape index (κ2) is 15.9. The molecule has 1 fully saturated rings. The summed E-state index contributed by atoms with van der Waals surface area (Å²) in [6, 6.07) is 24.9. The smallest absolute Gasteiger partial charge is 0.354 e. The number of aliphatic hydroxyl groups is 1. The van der Waals surface area contributed by atoms with Gasteiger partial charge in [0, 0.05) is 36.8 Å². The average molecular weight is 730 g/mol. The van der Waals surface area contributed by atoms with Crippen molar-refractivity contribution < 1.29 is 28.5 Å². The summed E-state index contributed by atoms with van der Waals surface area (Å²) in [6.45, 7) is 7.86. The summed E-state index contributed by atoms with van der Waals surface area (Å²) >= 11 is 6.97. The van der Waals surface area contributed by atoms with Crippen LogP contribution in [0.5, 0.6) is 0 Å². The van der Waals surface area contributed by atoms with Gasteiger partial charge in [-0.1, -0.05) is 99.1 Å². The third-order valence-corrected chi connectivity index (χ3v) is 15.3. The third kappa shape index (κ3) is 7.31. The van der Waals surface area contributed by atoms with Crippen LogP contribution in [-0.4, -0.2) is 60.8 Å². The van der Waals surface area contributed by atoms with Gasteiger partial charge in [0.15, 0.2) is 6.29 Å². The summed E-state index contributed by atoms with van der Waals surface area (Å²) in [7, 11) is 0.434. The highest BCUT2D eigenvalue weighted by molar-refractivity contribution is 6.99. The van der Waals surface area contributed by atoms with Crippen LogP contribution in [0.1, 0.15) is 73.9 Å². The fourth-order valence-corrected chi connectivity index (χ4v) is 12.4. The molecule has 2 aromatic heterocycles. The molecule has 9 nitrogen and oxygen atoms in total. The maximum absolute atomic E-state index is 13.3. The van der Waals surface area contributed by atoms with E-state index in [1.165, 1.54) is 17.5 Å². The summed E-state index contributed by atoms with van der Waals surface area (Å²) in [6.07, 6.45) is 3.77. The monoisotopic (exact) mass is 729 g/mol. The molecule has 5 aromatic rings. The van der Waals surface area contributed by atoms with Crippen LogP contribution >= 0.6 is 11.6 Å². The molecule has 0 amide bonds. The molecule has 0 bridgehead atoms. The number of nitrogens with zero attached hydrogens (tertiary/aromatic N) is 2. The number of aromatic amines is 1. The van der Waals surface area contributed by atoms with Crippen LogP contribution in [0.15, 0.2) is 72.8 Å². The maximum Gasteiger partial charge on any atom is 0.354 e. The Morgan fingerprint density at radius 2 is 1.73 bits per heavy atom. The summed E-state index contributed by atoms with van der Waals surface area (Å²) in [5.41, 5.74) is 4.39. The van der Waals surface area contributed by atoms with Crippen LogP contribution in [-0.2, 0) is 45.3 Å². The van der Waals surface area contributed by atoms with E-state index in [-0.39, 0.29) is 24.5 Å². The molecule has 6 rings (SSSR count). The minimum Gasteiger partial charge on any atom is -0.464 e. The van der Waals surface area contributed by atoms with Crippen LogP contribution in [0.3, 0.4) is 0 Å². The van der Waals surface area contributed by atoms with Crippen molar-refractivity contribution in [3.8, 4) is 11.1 Å². The number of H-pyrrole nitrogens is 1. The summed E-state index contributed by atoms with van der Waals surface area (Å²) in [5, 5.41) is 18.8. The Balaban J connectivity index is 1.36. The number of hydrogen-bond donors (Lipinski definition) is 2. The van der Waals surface area contributed by atoms with Crippen molar-refractivity contribution in [2.75, 3.05) is 20.3 Å². The molecule has 51 heavy (non-hydrogen) atoms. The van der Waals surface area contributed by atoms with Gasteiger partial charge in [-0.25, -0.2) is 4.79 Å². The standard InChI is InChI=1S/C40H48ClN3O6Si/c1-40(2,3)51(27-15-8-6-9-16-27,28-17-10-7-11-18-28)50-24-14-19-29-30-21-22-31(41)35(37(30)42-38(29)39(46)47-5)36-32(43-44(4)33(36)25-45)26-49-34-20-12-13-23-48-34/h6-11,15-18,21-22,34,42,45H,12-14,19-20,23-26H2,1-5H3. The highest BCUT2D eigenvalue weighted by Gasteiger charge is 2.50. The van der Waals surface area contributed by atoms with Crippen molar-refractivity contribution >= 4 is 47.2 Å². The lowest BCUT2D eigenvalue weighted by Gasteiger charge is -2.43. The lowest BCUT2D eigenvalue weighted by Crippen LogP contribution is -2.66. The van der Waals surface area contributed by atoms with Crippen molar-refractivity contribution in [1.29, 1.82) is 0 Å². The molecule has 1 aliphatic heterocycles. The zero-order valence-corrected chi connectivity index (χ0v) is 31.9. The van der Waals surface area contributed by atoms with E-state index in [2.05, 4.69) is 74.3 Å². The van der Waals surface area contributed by atoms with Gasteiger partial charge < -0.3 is 28.7 Å². The second-order valence-corrected chi connectivity index (χ2v) is 18.8. The summed E-state index contributed by atoms with van der Waals surface area (Å²) in [5.74, 6) is -0.470. The number of ether oxygens (including phenoxy) is 3. The minimum atomic E-state index is -2.73. The molecule has 3 heterocycles. The van der Waals surface area contributed by atoms with Crippen LogP contribution in [0, 0.1) is 0 Å². The van der Waals surface area contributed by atoms with Gasteiger partial charge in [-0.05, 0) is 59.1 Å². The number of benzene rings is 3. The van der Waals surface area contributed by atoms with E-state index in [1.807, 2.05) is 24.3 Å². The topological polar surface area (TPSA) is 108 Å². The van der Waals surface area contributed by atoms with Gasteiger partial charge in [0.05, 0.1) is 42.3 Å². The van der Waals surface area contributed by atoms with Crippen molar-refractivity contribution in [3.63, 3.8) is 0 Å². The van der Waals surface area contributed by atoms with E-state index in [0.717, 1.165) is 30.2 Å². The third-order valence-electron chi connectivity index (χ3n) is 9.91. The molecular formula is C40H48ClN3O6Si. The molecule has 0 saturated carbocycles. The molecule has 0 spiro atoms. The summed E-state index contributed by atoms with van der Waals surface area (Å²) < 4.78 is 26.0. The number of aryl methyl sites for hydroxylation is 2. The molecule has 270 valence electrons. The first-order valence-corrected chi connectivity index (χ1v) is 19.9. The van der Waals surface area contributed by atoms with E-state index in [0.29, 0.717) is 64.8 Å². The lowest BCUT2D eigenvalue weighted by atomic mass is 9.98. The normalized spacial score (nSPS) is 15.4. The van der Waals surface area contributed by atoms with E-state index < -0.39 is 14.3 Å². The zero-order valence-electron chi connectivity index (χ0n) is 30.1. The molecule has 0 aliphatic carbocycles. The number of aliphatic hydroxyl groups excluding tert-OH is 1. The molecule has 1 atom stereocenters. The highest BCUT2D eigenvalue weighted by Crippen LogP contribution is 2.42. The SMILES string of the molecule is COC(=O)c1[nH]c2c(-c3c(COC4CCCCO4)nn(C)c3CO)c(Cl)ccc2c1CCCO[Si](c1ccccc1)(c1ccccc1)C(C)(C)C. The number of carbonyl (C=O) groups is 1. The van der Waals surface area contributed by atoms with E-state index >= 15 is 0 Å². The predicted molar refractivity (Wildman–Crippen MR) is 203 cm³/mol. The van der Waals surface area contributed by atoms with Crippen molar-refractivity contribution in [2.45, 2.75) is 77.4 Å². The van der Waals surface area contributed by atoms with Crippen LogP contribution in [0.2, 0.25) is 10.1 Å². The number of esters is 1. The first-order valence-electron chi connectivity index (χ1n) is 17.7. The quantitative estimate of drug-likeness (QED) is 0.0760. The van der Waals surface area contributed by atoms with Gasteiger partial charge in [0.25, 0.3) is 8.32 Å². The number of hydrogen-bond acceptors (Lipinski definition) is 7. The molecule has 11 heteroatoms. The van der Waals surface area contributed by atoms with Crippen molar-refractivity contribution in [3.05, 3.63) is 100 Å². The number of aromatic nitrogens is 3. The zero-order chi connectivity index (χ0) is 36.2. The Labute approximate surface area is 306 Å². The van der Waals surface area contributed by atoms with Gasteiger partial charge in [0.2, 0.25) is 0 Å². The minimum absolute atomic E-state index is 0.155. The fourth-order valence-electron chi connectivity index (χ4n) is 7.52. The first-order chi connectivity index (χ1) is 24.6. The van der Waals surface area contributed by atoms with Gasteiger partial charge in [-0.2, -0.15) is 5.10 Å². The molecule has 0 radical (unpaired) electrons. The Hall–Kier alpha value is -3.77. The highest BCUT2D eigenvalue weighted by atomic mass is 35.5. The first kappa shape index (κ1) is 37.0. The largest absolute Gasteiger partial charge is 0.464 e. The Morgan fingerprint density at radius 1 is 1.04 bits per heavy atom. The number of rotatable bonds is 13. The van der Waals surface area contributed by atoms with Gasteiger partial charge in [0.1, 0.15) is 5.69 Å². The average Bonchev–Trinajstić information content (AvgIpc) is 3.67. The Morgan fingerprint density at radius 3 is 2.31 bits per heavy atom. The van der Waals surface area contributed by atoms with Crippen molar-refractivity contribution in [2.24, 2.45) is 7.05 Å². The number of fused-ring (bicyclic) bond motifs is 1. The lowest BCUT2D eigenvalue weighted by molar-refractivity contribution is -0.169. The van der Waals surface area contributed by atoms with Crippen LogP contribution < -0.4 is 10.4 Å². The molecule has 3 aromatic carbocycles. The maximum atomic E-state index is 13.3. The van der Waals surface area contributed by atoms with E-state index in [9.17, 15) is 9.90 Å². The summed E-state index contributed by atoms with van der Waals surface area (Å²) in [4.78, 5) is 16.7. The molecular weight excluding hydrogens is 682 g/mol. The second-order valence-electron chi connectivity index (χ2n) is 14.1. The number of methoxy groups -OCH3 is 1. The van der Waals surface area contributed by atoms with Gasteiger partial charge in [-0.15, -0.1) is 0 Å². The number of halogens is 1. The van der Waals surface area contributed by atoms with E-state index in [1.54, 1.807) is 11.7 Å². The fraction of sp³-hybridized carbons (Fsp3) is 0.400. The van der Waals surface area contributed by atoms with E-state index in [4.69, 9.17) is 35.3 Å². The predicted octanol–water partition coefficient (Wildman–Crippen LogP) is 7.05. The molecule has 1 aliphatic rings. The van der Waals surface area contributed by atoms with Gasteiger partial charge in [-0.3, -0.25) is 4.68 Å². The number of nitrogens with one attached hydrogen (secondary N) is 1. The molecule has 1 saturated heterocycles. The van der Waals surface area contributed by atoms with Crippen molar-refractivity contribution in [1.82, 2.24) is 14.8 Å². The van der Waals surface area contributed by atoms with Crippen LogP contribution in [0.4, 0.5) is 0 Å². The number of carbonyl (C=O) groups excluding carboxylic acids is 1. The Kier molecular flexibility index (Phi) is 11.5. The molecule has 1 unspecified atom stereocenters. The molecule has 2 N–H and O–H groups in total.